The van der Waals surface area contributed by atoms with Crippen LogP contribution in [0.2, 0.25) is 0 Å². The van der Waals surface area contributed by atoms with E-state index in [0.29, 0.717) is 55.1 Å². The minimum absolute atomic E-state index is 0.0312. The van der Waals surface area contributed by atoms with Crippen molar-refractivity contribution in [3.8, 4) is 0 Å². The number of pyridine rings is 1. The van der Waals surface area contributed by atoms with Crippen LogP contribution in [0.3, 0.4) is 0 Å². The monoisotopic (exact) mass is 539 g/mol. The summed E-state index contributed by atoms with van der Waals surface area (Å²) in [6.07, 6.45) is 3.09. The minimum Gasteiger partial charge on any atom is -0.459 e. The SMILES string of the molecule is Cc1c(C(NC(=O)Nc2cncc(CN3CCN(C(=O)OC(C)(C)C)CC3)c2)C(C)C)oc2ccc(F)cc12. The molecule has 10 heteroatoms. The molecule has 1 saturated heterocycles. The Kier molecular flexibility index (Phi) is 8.44. The van der Waals surface area contributed by atoms with Gasteiger partial charge in [-0.25, -0.2) is 14.0 Å². The van der Waals surface area contributed by atoms with E-state index in [2.05, 4.69) is 20.5 Å². The summed E-state index contributed by atoms with van der Waals surface area (Å²) >= 11 is 0. The molecule has 210 valence electrons. The van der Waals surface area contributed by atoms with Crippen molar-refractivity contribution < 1.29 is 23.1 Å². The fourth-order valence-electron chi connectivity index (χ4n) is 4.67. The van der Waals surface area contributed by atoms with Gasteiger partial charge in [0, 0.05) is 49.9 Å². The Balaban J connectivity index is 1.35. The van der Waals surface area contributed by atoms with Gasteiger partial charge in [-0.3, -0.25) is 9.88 Å². The van der Waals surface area contributed by atoms with Crippen molar-refractivity contribution in [3.63, 3.8) is 0 Å². The summed E-state index contributed by atoms with van der Waals surface area (Å²) in [5.74, 6) is 0.309. The molecule has 0 spiro atoms. The Hall–Kier alpha value is -3.66. The lowest BCUT2D eigenvalue weighted by molar-refractivity contribution is 0.0139. The first-order valence-electron chi connectivity index (χ1n) is 13.3. The zero-order chi connectivity index (χ0) is 28.3. The first-order chi connectivity index (χ1) is 18.4. The lowest BCUT2D eigenvalue weighted by atomic mass is 9.98. The smallest absolute Gasteiger partial charge is 0.410 e. The van der Waals surface area contributed by atoms with E-state index in [9.17, 15) is 14.0 Å². The number of nitrogens with one attached hydrogen (secondary N) is 2. The van der Waals surface area contributed by atoms with Crippen molar-refractivity contribution in [1.82, 2.24) is 20.1 Å². The molecule has 3 aromatic rings. The van der Waals surface area contributed by atoms with E-state index in [1.807, 2.05) is 47.6 Å². The molecule has 0 radical (unpaired) electrons. The molecular weight excluding hydrogens is 501 g/mol. The summed E-state index contributed by atoms with van der Waals surface area (Å²) < 4.78 is 25.3. The molecule has 1 aromatic carbocycles. The van der Waals surface area contributed by atoms with Gasteiger partial charge in [0.15, 0.2) is 0 Å². The Morgan fingerprint density at radius 1 is 1.13 bits per heavy atom. The molecule has 1 aliphatic rings. The second-order valence-corrected chi connectivity index (χ2v) is 11.4. The zero-order valence-electron chi connectivity index (χ0n) is 23.5. The number of carbonyl (C=O) groups excluding carboxylic acids is 2. The fourth-order valence-corrected chi connectivity index (χ4v) is 4.67. The molecule has 2 aromatic heterocycles. The molecule has 1 fully saturated rings. The maximum atomic E-state index is 13.8. The number of aromatic nitrogens is 1. The van der Waals surface area contributed by atoms with Crippen molar-refractivity contribution in [2.24, 2.45) is 5.92 Å². The lowest BCUT2D eigenvalue weighted by Gasteiger charge is -2.35. The number of aryl methyl sites for hydroxylation is 1. The van der Waals surface area contributed by atoms with Crippen LogP contribution in [-0.2, 0) is 11.3 Å². The second-order valence-electron chi connectivity index (χ2n) is 11.4. The molecule has 4 rings (SSSR count). The number of amides is 3. The normalized spacial score (nSPS) is 15.4. The predicted molar refractivity (Wildman–Crippen MR) is 148 cm³/mol. The molecule has 39 heavy (non-hydrogen) atoms. The standard InChI is InChI=1S/C29H38FN5O4/c1-18(2)25(26-19(3)23-14-21(30)7-8-24(23)38-26)33-27(36)32-22-13-20(15-31-16-22)17-34-9-11-35(12-10-34)28(37)39-29(4,5)6/h7-8,13-16,18,25H,9-12,17H2,1-6H3,(H2,32,33,36). The summed E-state index contributed by atoms with van der Waals surface area (Å²) in [5.41, 5.74) is 2.40. The van der Waals surface area contributed by atoms with Gasteiger partial charge in [-0.2, -0.15) is 0 Å². The fraction of sp³-hybridized carbons (Fsp3) is 0.483. The van der Waals surface area contributed by atoms with E-state index in [1.165, 1.54) is 12.1 Å². The van der Waals surface area contributed by atoms with Crippen LogP contribution in [0, 0.1) is 18.7 Å². The van der Waals surface area contributed by atoms with Crippen molar-refractivity contribution in [1.29, 1.82) is 0 Å². The van der Waals surface area contributed by atoms with Gasteiger partial charge in [0.1, 0.15) is 22.8 Å². The largest absolute Gasteiger partial charge is 0.459 e. The molecule has 1 aliphatic heterocycles. The van der Waals surface area contributed by atoms with Gasteiger partial charge in [-0.1, -0.05) is 13.8 Å². The first kappa shape index (κ1) is 28.4. The van der Waals surface area contributed by atoms with E-state index in [-0.39, 0.29) is 23.9 Å². The topological polar surface area (TPSA) is 99.9 Å². The average Bonchev–Trinajstić information content (AvgIpc) is 3.17. The van der Waals surface area contributed by atoms with Gasteiger partial charge in [0.05, 0.1) is 17.9 Å². The van der Waals surface area contributed by atoms with Gasteiger partial charge in [0.2, 0.25) is 0 Å². The van der Waals surface area contributed by atoms with Crippen LogP contribution in [0.5, 0.6) is 0 Å². The molecule has 0 aliphatic carbocycles. The molecule has 1 atom stereocenters. The summed E-state index contributed by atoms with van der Waals surface area (Å²) in [5, 5.41) is 6.58. The highest BCUT2D eigenvalue weighted by Gasteiger charge is 2.27. The van der Waals surface area contributed by atoms with Crippen LogP contribution in [-0.4, -0.2) is 58.7 Å². The molecule has 3 amide bonds. The third kappa shape index (κ3) is 7.26. The van der Waals surface area contributed by atoms with Gasteiger partial charge in [-0.15, -0.1) is 0 Å². The number of nitrogens with zero attached hydrogens (tertiary/aromatic N) is 3. The van der Waals surface area contributed by atoms with Crippen LogP contribution in [0.4, 0.5) is 19.7 Å². The number of carbonyl (C=O) groups is 2. The molecule has 3 heterocycles. The van der Waals surface area contributed by atoms with E-state index in [0.717, 1.165) is 11.1 Å². The maximum absolute atomic E-state index is 13.8. The number of benzene rings is 1. The average molecular weight is 540 g/mol. The van der Waals surface area contributed by atoms with Crippen LogP contribution >= 0.6 is 0 Å². The molecule has 0 saturated carbocycles. The number of halogens is 1. The highest BCUT2D eigenvalue weighted by atomic mass is 19.1. The highest BCUT2D eigenvalue weighted by molar-refractivity contribution is 5.89. The van der Waals surface area contributed by atoms with E-state index < -0.39 is 11.6 Å². The predicted octanol–water partition coefficient (Wildman–Crippen LogP) is 5.85. The van der Waals surface area contributed by atoms with E-state index in [1.54, 1.807) is 23.4 Å². The van der Waals surface area contributed by atoms with Crippen molar-refractivity contribution in [3.05, 3.63) is 59.4 Å². The van der Waals surface area contributed by atoms with Crippen LogP contribution in [0.25, 0.3) is 11.0 Å². The van der Waals surface area contributed by atoms with Crippen LogP contribution < -0.4 is 10.6 Å². The van der Waals surface area contributed by atoms with Crippen molar-refractivity contribution in [2.75, 3.05) is 31.5 Å². The Morgan fingerprint density at radius 3 is 2.51 bits per heavy atom. The molecule has 0 bridgehead atoms. The van der Waals surface area contributed by atoms with Gasteiger partial charge < -0.3 is 24.7 Å². The third-order valence-electron chi connectivity index (χ3n) is 6.65. The number of fused-ring (bicyclic) bond motifs is 1. The lowest BCUT2D eigenvalue weighted by Crippen LogP contribution is -2.49. The third-order valence-corrected chi connectivity index (χ3v) is 6.65. The number of ether oxygens (including phenoxy) is 1. The van der Waals surface area contributed by atoms with Gasteiger partial charge >= 0.3 is 12.1 Å². The minimum atomic E-state index is -0.515. The maximum Gasteiger partial charge on any atom is 0.410 e. The number of hydrogen-bond acceptors (Lipinski definition) is 6. The number of furan rings is 1. The summed E-state index contributed by atoms with van der Waals surface area (Å²) in [4.78, 5) is 33.6. The summed E-state index contributed by atoms with van der Waals surface area (Å²) in [6, 6.07) is 5.52. The van der Waals surface area contributed by atoms with Crippen LogP contribution in [0.15, 0.2) is 41.1 Å². The Bertz CT molecular complexity index is 1320. The van der Waals surface area contributed by atoms with Gasteiger partial charge in [0.25, 0.3) is 0 Å². The quantitative estimate of drug-likeness (QED) is 0.408. The molecule has 2 N–H and O–H groups in total. The van der Waals surface area contributed by atoms with Crippen LogP contribution in [0.1, 0.15) is 57.5 Å². The highest BCUT2D eigenvalue weighted by Crippen LogP contribution is 2.33. The van der Waals surface area contributed by atoms with Crippen molar-refractivity contribution >= 4 is 28.8 Å². The number of hydrogen-bond donors (Lipinski definition) is 2. The Morgan fingerprint density at radius 2 is 1.85 bits per heavy atom. The number of rotatable bonds is 6. The van der Waals surface area contributed by atoms with Crippen molar-refractivity contribution in [2.45, 2.75) is 59.7 Å². The summed E-state index contributed by atoms with van der Waals surface area (Å²) in [7, 11) is 0. The van der Waals surface area contributed by atoms with E-state index in [4.69, 9.17) is 9.15 Å². The number of anilines is 1. The molecule has 9 nitrogen and oxygen atoms in total. The second kappa shape index (κ2) is 11.6. The number of piperazine rings is 1. The first-order valence-corrected chi connectivity index (χ1v) is 13.3. The molecule has 1 unspecified atom stereocenters. The molecular formula is C29H38FN5O4. The van der Waals surface area contributed by atoms with Gasteiger partial charge in [-0.05, 0) is 63.4 Å². The summed E-state index contributed by atoms with van der Waals surface area (Å²) in [6.45, 7) is 14.7. The number of urea groups is 1. The zero-order valence-corrected chi connectivity index (χ0v) is 23.5. The van der Waals surface area contributed by atoms with E-state index >= 15 is 0 Å². The Labute approximate surface area is 228 Å².